The predicted molar refractivity (Wildman–Crippen MR) is 97.9 cm³/mol. The highest BCUT2D eigenvalue weighted by molar-refractivity contribution is 7.97. The molecule has 1 heterocycles. The van der Waals surface area contributed by atoms with E-state index >= 15 is 0 Å². The van der Waals surface area contributed by atoms with Crippen LogP contribution in [-0.2, 0) is 6.54 Å². The van der Waals surface area contributed by atoms with Gasteiger partial charge in [-0.05, 0) is 31.0 Å². The van der Waals surface area contributed by atoms with Gasteiger partial charge in [0.05, 0.1) is 0 Å². The SMILES string of the molecule is CC(NSCCCn1ccc(=O)[nH]c1=O)c1cccc(OCC(F)F)c1. The van der Waals surface area contributed by atoms with Crippen molar-refractivity contribution >= 4 is 11.9 Å². The maximum Gasteiger partial charge on any atom is 0.328 e. The zero-order valence-electron chi connectivity index (χ0n) is 14.3. The standard InChI is InChI=1S/C17H21F2N3O3S/c1-12(13-4-2-5-14(10-13)25-11-15(18)19)21-26-9-3-7-22-8-6-16(23)20-17(22)24/h2,4-6,8,10,12,15,21H,3,7,9,11H2,1H3,(H,20,23,24). The molecule has 0 saturated heterocycles. The summed E-state index contributed by atoms with van der Waals surface area (Å²) in [6.07, 6.45) is -0.277. The van der Waals surface area contributed by atoms with Crippen LogP contribution in [0.5, 0.6) is 5.75 Å². The first-order chi connectivity index (χ1) is 12.5. The third-order valence-electron chi connectivity index (χ3n) is 3.54. The zero-order valence-corrected chi connectivity index (χ0v) is 15.1. The number of hydrogen-bond acceptors (Lipinski definition) is 5. The van der Waals surface area contributed by atoms with Crippen LogP contribution in [0.2, 0.25) is 0 Å². The Kier molecular flexibility index (Phi) is 7.86. The Bertz CT molecular complexity index is 810. The highest BCUT2D eigenvalue weighted by Crippen LogP contribution is 2.21. The van der Waals surface area contributed by atoms with Gasteiger partial charge in [0.1, 0.15) is 12.4 Å². The second-order valence-corrected chi connectivity index (χ2v) is 6.55. The Balaban J connectivity index is 1.74. The summed E-state index contributed by atoms with van der Waals surface area (Å²) in [5, 5.41) is 0. The minimum atomic E-state index is -2.50. The molecule has 1 atom stereocenters. The number of nitrogens with zero attached hydrogens (tertiary/aromatic N) is 1. The van der Waals surface area contributed by atoms with Crippen molar-refractivity contribution in [3.05, 3.63) is 62.9 Å². The Hall–Kier alpha value is -2.13. The number of benzene rings is 1. The molecule has 1 aromatic heterocycles. The Labute approximate surface area is 153 Å². The second-order valence-electron chi connectivity index (χ2n) is 5.62. The molecule has 1 aromatic carbocycles. The van der Waals surface area contributed by atoms with E-state index in [2.05, 4.69) is 9.71 Å². The van der Waals surface area contributed by atoms with E-state index in [4.69, 9.17) is 4.74 Å². The van der Waals surface area contributed by atoms with Crippen LogP contribution in [0.3, 0.4) is 0 Å². The van der Waals surface area contributed by atoms with Crippen molar-refractivity contribution in [1.29, 1.82) is 0 Å². The van der Waals surface area contributed by atoms with Gasteiger partial charge in [0.2, 0.25) is 0 Å². The molecular weight excluding hydrogens is 364 g/mol. The summed E-state index contributed by atoms with van der Waals surface area (Å²) in [5.74, 6) is 1.18. The van der Waals surface area contributed by atoms with Gasteiger partial charge in [-0.15, -0.1) is 0 Å². The van der Waals surface area contributed by atoms with Gasteiger partial charge in [-0.1, -0.05) is 24.1 Å². The summed E-state index contributed by atoms with van der Waals surface area (Å²) in [6, 6.07) is 8.37. The third kappa shape index (κ3) is 6.64. The monoisotopic (exact) mass is 385 g/mol. The van der Waals surface area contributed by atoms with Crippen LogP contribution in [0.15, 0.2) is 46.1 Å². The van der Waals surface area contributed by atoms with E-state index in [0.717, 1.165) is 17.7 Å². The van der Waals surface area contributed by atoms with E-state index < -0.39 is 24.3 Å². The Morgan fingerprint density at radius 1 is 1.31 bits per heavy atom. The Morgan fingerprint density at radius 3 is 2.85 bits per heavy atom. The number of aromatic amines is 1. The maximum absolute atomic E-state index is 12.2. The lowest BCUT2D eigenvalue weighted by Crippen LogP contribution is -2.28. The van der Waals surface area contributed by atoms with Crippen LogP contribution in [0, 0.1) is 0 Å². The summed E-state index contributed by atoms with van der Waals surface area (Å²) < 4.78 is 34.2. The topological polar surface area (TPSA) is 76.1 Å². The molecular formula is C17H21F2N3O3S. The number of nitrogens with one attached hydrogen (secondary N) is 2. The first-order valence-electron chi connectivity index (χ1n) is 8.13. The van der Waals surface area contributed by atoms with Gasteiger partial charge in [-0.25, -0.2) is 13.6 Å². The smallest absolute Gasteiger partial charge is 0.328 e. The first kappa shape index (κ1) is 20.2. The fourth-order valence-corrected chi connectivity index (χ4v) is 2.99. The van der Waals surface area contributed by atoms with Gasteiger partial charge in [0, 0.05) is 30.6 Å². The van der Waals surface area contributed by atoms with E-state index in [1.807, 2.05) is 13.0 Å². The maximum atomic E-state index is 12.2. The molecule has 9 heteroatoms. The molecule has 0 bridgehead atoms. The molecule has 6 nitrogen and oxygen atoms in total. The Morgan fingerprint density at radius 2 is 2.12 bits per heavy atom. The van der Waals surface area contributed by atoms with Crippen LogP contribution < -0.4 is 20.7 Å². The summed E-state index contributed by atoms with van der Waals surface area (Å²) in [4.78, 5) is 24.8. The number of hydrogen-bond donors (Lipinski definition) is 2. The molecule has 0 aliphatic carbocycles. The molecule has 0 fully saturated rings. The normalized spacial score (nSPS) is 12.3. The molecule has 0 aliphatic rings. The van der Waals surface area contributed by atoms with Gasteiger partial charge >= 0.3 is 5.69 Å². The lowest BCUT2D eigenvalue weighted by atomic mass is 10.1. The van der Waals surface area contributed by atoms with Crippen LogP contribution in [-0.4, -0.2) is 28.3 Å². The molecule has 0 amide bonds. The number of ether oxygens (including phenoxy) is 1. The average Bonchev–Trinajstić information content (AvgIpc) is 2.61. The second kappa shape index (κ2) is 10.1. The summed E-state index contributed by atoms with van der Waals surface area (Å²) in [6.45, 7) is 1.85. The molecule has 0 aliphatic heterocycles. The molecule has 2 rings (SSSR count). The lowest BCUT2D eigenvalue weighted by Gasteiger charge is -2.15. The van der Waals surface area contributed by atoms with Crippen molar-refractivity contribution in [1.82, 2.24) is 14.3 Å². The lowest BCUT2D eigenvalue weighted by molar-refractivity contribution is 0.0818. The highest BCUT2D eigenvalue weighted by atomic mass is 32.2. The molecule has 0 spiro atoms. The fraction of sp³-hybridized carbons (Fsp3) is 0.412. The average molecular weight is 385 g/mol. The van der Waals surface area contributed by atoms with Crippen LogP contribution >= 0.6 is 11.9 Å². The molecule has 2 aromatic rings. The summed E-state index contributed by atoms with van der Waals surface area (Å²) >= 11 is 1.51. The van der Waals surface area contributed by atoms with Crippen molar-refractivity contribution in [3.63, 3.8) is 0 Å². The minimum absolute atomic E-state index is 0.00547. The van der Waals surface area contributed by atoms with E-state index in [1.165, 1.54) is 28.8 Å². The number of aromatic nitrogens is 2. The van der Waals surface area contributed by atoms with Crippen LogP contribution in [0.1, 0.15) is 24.9 Å². The predicted octanol–water partition coefficient (Wildman–Crippen LogP) is 2.57. The van der Waals surface area contributed by atoms with Crippen molar-refractivity contribution in [2.24, 2.45) is 0 Å². The number of halogens is 2. The number of H-pyrrole nitrogens is 1. The molecule has 142 valence electrons. The number of aryl methyl sites for hydroxylation is 1. The molecule has 0 radical (unpaired) electrons. The van der Waals surface area contributed by atoms with E-state index in [9.17, 15) is 18.4 Å². The van der Waals surface area contributed by atoms with E-state index in [0.29, 0.717) is 12.3 Å². The van der Waals surface area contributed by atoms with E-state index in [1.54, 1.807) is 18.2 Å². The van der Waals surface area contributed by atoms with Gasteiger partial charge < -0.3 is 9.30 Å². The summed E-state index contributed by atoms with van der Waals surface area (Å²) in [7, 11) is 0. The third-order valence-corrected chi connectivity index (χ3v) is 4.55. The van der Waals surface area contributed by atoms with Gasteiger partial charge in [0.25, 0.3) is 12.0 Å². The fourth-order valence-electron chi connectivity index (χ4n) is 2.21. The largest absolute Gasteiger partial charge is 0.488 e. The van der Waals surface area contributed by atoms with Gasteiger partial charge in [0.15, 0.2) is 0 Å². The zero-order chi connectivity index (χ0) is 18.9. The summed E-state index contributed by atoms with van der Waals surface area (Å²) in [5.41, 5.74) is 0.112. The van der Waals surface area contributed by atoms with Crippen molar-refractivity contribution < 1.29 is 13.5 Å². The molecule has 0 saturated carbocycles. The quantitative estimate of drug-likeness (QED) is 0.486. The number of alkyl halides is 2. The molecule has 2 N–H and O–H groups in total. The van der Waals surface area contributed by atoms with Crippen molar-refractivity contribution in [3.8, 4) is 5.75 Å². The van der Waals surface area contributed by atoms with Crippen LogP contribution in [0.4, 0.5) is 8.78 Å². The van der Waals surface area contributed by atoms with Crippen molar-refractivity contribution in [2.45, 2.75) is 32.4 Å². The van der Waals surface area contributed by atoms with Gasteiger partial charge in [-0.2, -0.15) is 0 Å². The van der Waals surface area contributed by atoms with Gasteiger partial charge in [-0.3, -0.25) is 14.5 Å². The van der Waals surface area contributed by atoms with Crippen LogP contribution in [0.25, 0.3) is 0 Å². The number of rotatable bonds is 10. The minimum Gasteiger partial charge on any atom is -0.488 e. The highest BCUT2D eigenvalue weighted by Gasteiger charge is 2.08. The molecule has 1 unspecified atom stereocenters. The van der Waals surface area contributed by atoms with Crippen molar-refractivity contribution in [2.75, 3.05) is 12.4 Å². The molecule has 26 heavy (non-hydrogen) atoms. The van der Waals surface area contributed by atoms with E-state index in [-0.39, 0.29) is 6.04 Å². The first-order valence-corrected chi connectivity index (χ1v) is 9.12.